The quantitative estimate of drug-likeness (QED) is 0.888. The van der Waals surface area contributed by atoms with Crippen molar-refractivity contribution in [2.75, 3.05) is 13.7 Å². The smallest absolute Gasteiger partial charge is 0.128 e. The van der Waals surface area contributed by atoms with Crippen molar-refractivity contribution < 1.29 is 9.47 Å². The summed E-state index contributed by atoms with van der Waals surface area (Å²) in [5.41, 5.74) is 1.17. The van der Waals surface area contributed by atoms with Crippen LogP contribution in [0.3, 0.4) is 0 Å². The predicted octanol–water partition coefficient (Wildman–Crippen LogP) is 3.30. The number of benzene rings is 1. The highest BCUT2D eigenvalue weighted by atomic mass is 16.5. The maximum absolute atomic E-state index is 5.92. The molecule has 0 saturated carbocycles. The molecule has 1 aromatic carbocycles. The Bertz CT molecular complexity index is 384. The Kier molecular flexibility index (Phi) is 4.48. The first-order valence-corrected chi connectivity index (χ1v) is 6.79. The summed E-state index contributed by atoms with van der Waals surface area (Å²) >= 11 is 0. The van der Waals surface area contributed by atoms with Crippen molar-refractivity contribution >= 4 is 0 Å². The molecule has 0 spiro atoms. The summed E-state index contributed by atoms with van der Waals surface area (Å²) in [6.07, 6.45) is 3.84. The maximum atomic E-state index is 5.92. The van der Waals surface area contributed by atoms with Crippen LogP contribution in [0.25, 0.3) is 0 Å². The fraction of sp³-hybridized carbons (Fsp3) is 0.600. The average molecular weight is 249 g/mol. The van der Waals surface area contributed by atoms with Gasteiger partial charge in [-0.1, -0.05) is 12.5 Å². The van der Waals surface area contributed by atoms with E-state index in [0.29, 0.717) is 6.04 Å². The van der Waals surface area contributed by atoms with Crippen molar-refractivity contribution in [3.63, 3.8) is 0 Å². The van der Waals surface area contributed by atoms with Crippen molar-refractivity contribution in [2.45, 2.75) is 45.3 Å². The lowest BCUT2D eigenvalue weighted by Crippen LogP contribution is -2.27. The van der Waals surface area contributed by atoms with Crippen LogP contribution < -0.4 is 14.8 Å². The van der Waals surface area contributed by atoms with Gasteiger partial charge in [0.2, 0.25) is 0 Å². The monoisotopic (exact) mass is 249 g/mol. The lowest BCUT2D eigenvalue weighted by Gasteiger charge is -2.27. The third kappa shape index (κ3) is 2.96. The number of nitrogens with one attached hydrogen (secondary N) is 1. The number of hydrogen-bond donors (Lipinski definition) is 1. The molecule has 3 heteroatoms. The lowest BCUT2D eigenvalue weighted by molar-refractivity contribution is 0.233. The van der Waals surface area contributed by atoms with E-state index in [2.05, 4.69) is 19.2 Å². The standard InChI is InChI=1S/C15H23NO2/c1-11(2)18-14-9-6-8-13(17-3)15(14)12-7-4-5-10-16-12/h6,8-9,11-12,16H,4-5,7,10H2,1-3H3. The predicted molar refractivity (Wildman–Crippen MR) is 73.4 cm³/mol. The zero-order chi connectivity index (χ0) is 13.0. The van der Waals surface area contributed by atoms with Crippen molar-refractivity contribution in [2.24, 2.45) is 0 Å². The van der Waals surface area contributed by atoms with Gasteiger partial charge >= 0.3 is 0 Å². The van der Waals surface area contributed by atoms with E-state index < -0.39 is 0 Å². The van der Waals surface area contributed by atoms with Gasteiger partial charge in [0.05, 0.1) is 18.8 Å². The molecule has 3 nitrogen and oxygen atoms in total. The maximum Gasteiger partial charge on any atom is 0.128 e. The Morgan fingerprint density at radius 1 is 1.22 bits per heavy atom. The Hall–Kier alpha value is -1.22. The van der Waals surface area contributed by atoms with E-state index in [1.165, 1.54) is 18.4 Å². The first kappa shape index (κ1) is 13.2. The minimum Gasteiger partial charge on any atom is -0.496 e. The molecular weight excluding hydrogens is 226 g/mol. The van der Waals surface area contributed by atoms with Gasteiger partial charge in [0.1, 0.15) is 11.5 Å². The Balaban J connectivity index is 2.33. The first-order chi connectivity index (χ1) is 8.72. The molecule has 0 bridgehead atoms. The van der Waals surface area contributed by atoms with Crippen LogP contribution in [0.4, 0.5) is 0 Å². The molecule has 1 fully saturated rings. The second-order valence-electron chi connectivity index (χ2n) is 5.04. The normalized spacial score (nSPS) is 19.9. The largest absolute Gasteiger partial charge is 0.496 e. The molecule has 100 valence electrons. The molecule has 1 aliphatic rings. The van der Waals surface area contributed by atoms with Gasteiger partial charge in [0.25, 0.3) is 0 Å². The van der Waals surface area contributed by atoms with Crippen LogP contribution in [-0.2, 0) is 0 Å². The molecule has 1 heterocycles. The van der Waals surface area contributed by atoms with Crippen molar-refractivity contribution in [3.8, 4) is 11.5 Å². The fourth-order valence-corrected chi connectivity index (χ4v) is 2.50. The zero-order valence-electron chi connectivity index (χ0n) is 11.5. The van der Waals surface area contributed by atoms with Gasteiger partial charge < -0.3 is 14.8 Å². The number of piperidine rings is 1. The summed E-state index contributed by atoms with van der Waals surface area (Å²) in [5.74, 6) is 1.87. The molecule has 1 aliphatic heterocycles. The van der Waals surface area contributed by atoms with E-state index in [1.807, 2.05) is 18.2 Å². The molecule has 1 N–H and O–H groups in total. The molecule has 0 aliphatic carbocycles. The summed E-state index contributed by atoms with van der Waals surface area (Å²) in [7, 11) is 1.72. The number of ether oxygens (including phenoxy) is 2. The summed E-state index contributed by atoms with van der Waals surface area (Å²) < 4.78 is 11.4. The van der Waals surface area contributed by atoms with Crippen LogP contribution in [-0.4, -0.2) is 19.8 Å². The topological polar surface area (TPSA) is 30.5 Å². The summed E-state index contributed by atoms with van der Waals surface area (Å²) in [6.45, 7) is 5.18. The highest BCUT2D eigenvalue weighted by molar-refractivity contribution is 5.47. The highest BCUT2D eigenvalue weighted by Gasteiger charge is 2.23. The Morgan fingerprint density at radius 3 is 2.61 bits per heavy atom. The SMILES string of the molecule is COc1cccc(OC(C)C)c1C1CCCCN1. The molecular formula is C15H23NO2. The van der Waals surface area contributed by atoms with Crippen LogP contribution in [0.1, 0.15) is 44.7 Å². The summed E-state index contributed by atoms with van der Waals surface area (Å²) in [6, 6.07) is 6.39. The fourth-order valence-electron chi connectivity index (χ4n) is 2.50. The number of hydrogen-bond acceptors (Lipinski definition) is 3. The zero-order valence-corrected chi connectivity index (χ0v) is 11.5. The van der Waals surface area contributed by atoms with Crippen LogP contribution in [0.5, 0.6) is 11.5 Å². The molecule has 0 amide bonds. The summed E-state index contributed by atoms with van der Waals surface area (Å²) in [5, 5.41) is 3.56. The van der Waals surface area contributed by atoms with E-state index in [-0.39, 0.29) is 6.10 Å². The minimum absolute atomic E-state index is 0.180. The Morgan fingerprint density at radius 2 is 2.00 bits per heavy atom. The average Bonchev–Trinajstić information content (AvgIpc) is 2.38. The van der Waals surface area contributed by atoms with Crippen molar-refractivity contribution in [1.82, 2.24) is 5.32 Å². The van der Waals surface area contributed by atoms with Gasteiger partial charge in [-0.25, -0.2) is 0 Å². The van der Waals surface area contributed by atoms with Crippen LogP contribution in [0, 0.1) is 0 Å². The molecule has 1 atom stereocenters. The van der Waals surface area contributed by atoms with Gasteiger partial charge in [-0.3, -0.25) is 0 Å². The van der Waals surface area contributed by atoms with Gasteiger partial charge in [-0.2, -0.15) is 0 Å². The molecule has 1 unspecified atom stereocenters. The van der Waals surface area contributed by atoms with E-state index in [9.17, 15) is 0 Å². The van der Waals surface area contributed by atoms with Gasteiger partial charge in [-0.15, -0.1) is 0 Å². The molecule has 1 aromatic rings. The molecule has 1 saturated heterocycles. The molecule has 2 rings (SSSR count). The molecule has 0 radical (unpaired) electrons. The lowest BCUT2D eigenvalue weighted by atomic mass is 9.96. The summed E-state index contributed by atoms with van der Waals surface area (Å²) in [4.78, 5) is 0. The Labute approximate surface area is 109 Å². The van der Waals surface area contributed by atoms with Crippen molar-refractivity contribution in [1.29, 1.82) is 0 Å². The van der Waals surface area contributed by atoms with Gasteiger partial charge in [-0.05, 0) is 45.4 Å². The van der Waals surface area contributed by atoms with Gasteiger partial charge in [0, 0.05) is 6.04 Å². The van der Waals surface area contributed by atoms with E-state index in [1.54, 1.807) is 7.11 Å². The second kappa shape index (κ2) is 6.10. The first-order valence-electron chi connectivity index (χ1n) is 6.79. The second-order valence-corrected chi connectivity index (χ2v) is 5.04. The van der Waals surface area contributed by atoms with Crippen molar-refractivity contribution in [3.05, 3.63) is 23.8 Å². The molecule has 0 aromatic heterocycles. The third-order valence-electron chi connectivity index (χ3n) is 3.27. The van der Waals surface area contributed by atoms with E-state index in [0.717, 1.165) is 24.5 Å². The van der Waals surface area contributed by atoms with Gasteiger partial charge in [0.15, 0.2) is 0 Å². The molecule has 18 heavy (non-hydrogen) atoms. The van der Waals surface area contributed by atoms with E-state index >= 15 is 0 Å². The van der Waals surface area contributed by atoms with Crippen LogP contribution in [0.2, 0.25) is 0 Å². The minimum atomic E-state index is 0.180. The number of methoxy groups -OCH3 is 1. The van der Waals surface area contributed by atoms with E-state index in [4.69, 9.17) is 9.47 Å². The van der Waals surface area contributed by atoms with Crippen LogP contribution in [0.15, 0.2) is 18.2 Å². The van der Waals surface area contributed by atoms with Crippen LogP contribution >= 0.6 is 0 Å². The number of rotatable bonds is 4. The highest BCUT2D eigenvalue weighted by Crippen LogP contribution is 2.37. The third-order valence-corrected chi connectivity index (χ3v) is 3.27.